The molecule has 0 aromatic heterocycles. The lowest BCUT2D eigenvalue weighted by Crippen LogP contribution is -2.35. The summed E-state index contributed by atoms with van der Waals surface area (Å²) in [7, 11) is 0. The van der Waals surface area contributed by atoms with E-state index < -0.39 is 0 Å². The predicted octanol–water partition coefficient (Wildman–Crippen LogP) is 4.01. The van der Waals surface area contributed by atoms with Crippen LogP contribution in [-0.4, -0.2) is 36.9 Å². The molecule has 0 N–H and O–H groups in total. The zero-order valence-corrected chi connectivity index (χ0v) is 14.4. The Labute approximate surface area is 134 Å². The molecule has 1 saturated heterocycles. The zero-order chi connectivity index (χ0) is 16.1. The van der Waals surface area contributed by atoms with Crippen molar-refractivity contribution in [2.75, 3.05) is 26.2 Å². The van der Waals surface area contributed by atoms with Gasteiger partial charge < -0.3 is 9.64 Å². The van der Waals surface area contributed by atoms with E-state index >= 15 is 0 Å². The number of likely N-dealkylation sites (tertiary alicyclic amines) is 1. The summed E-state index contributed by atoms with van der Waals surface area (Å²) in [6, 6.07) is 3.98. The average Bonchev–Trinajstić information content (AvgIpc) is 2.48. The van der Waals surface area contributed by atoms with Crippen LogP contribution in [0.15, 0.2) is 12.1 Å². The second kappa shape index (κ2) is 7.77. The van der Waals surface area contributed by atoms with Crippen molar-refractivity contribution in [3.8, 4) is 5.75 Å². The first kappa shape index (κ1) is 17.0. The molecule has 122 valence electrons. The fraction of sp³-hybridized carbons (Fsp3) is 0.632. The number of ether oxygens (including phenoxy) is 1. The van der Waals surface area contributed by atoms with Gasteiger partial charge in [-0.25, -0.2) is 0 Å². The number of hydrogen-bond acceptors (Lipinski definition) is 3. The fourth-order valence-electron chi connectivity index (χ4n) is 3.29. The van der Waals surface area contributed by atoms with Crippen LogP contribution in [0.1, 0.15) is 54.6 Å². The fourth-order valence-corrected chi connectivity index (χ4v) is 3.29. The molecule has 1 atom stereocenters. The molecule has 1 aromatic carbocycles. The monoisotopic (exact) mass is 303 g/mol. The van der Waals surface area contributed by atoms with Crippen LogP contribution in [0.5, 0.6) is 5.75 Å². The minimum Gasteiger partial charge on any atom is -0.494 e. The standard InChI is InChI=1S/C19H29NO2/c1-5-22-19-12-15(3)17(11-16(19)4)18(21)8-10-20-9-6-7-14(2)13-20/h11-12,14H,5-10,13H2,1-4H3. The first-order valence-corrected chi connectivity index (χ1v) is 8.50. The van der Waals surface area contributed by atoms with Crippen molar-refractivity contribution in [1.29, 1.82) is 0 Å². The molecule has 3 nitrogen and oxygen atoms in total. The van der Waals surface area contributed by atoms with Crippen molar-refractivity contribution in [1.82, 2.24) is 4.90 Å². The lowest BCUT2D eigenvalue weighted by Gasteiger charge is -2.30. The third kappa shape index (κ3) is 4.33. The van der Waals surface area contributed by atoms with Gasteiger partial charge in [0.15, 0.2) is 5.78 Å². The summed E-state index contributed by atoms with van der Waals surface area (Å²) in [5, 5.41) is 0. The van der Waals surface area contributed by atoms with E-state index in [9.17, 15) is 4.79 Å². The molecule has 0 radical (unpaired) electrons. The quantitative estimate of drug-likeness (QED) is 0.744. The van der Waals surface area contributed by atoms with E-state index in [1.807, 2.05) is 32.9 Å². The summed E-state index contributed by atoms with van der Waals surface area (Å²) in [5.41, 5.74) is 2.92. The number of Topliss-reactive ketones (excluding diaryl/α,β-unsaturated/α-hetero) is 1. The van der Waals surface area contributed by atoms with Crippen molar-refractivity contribution in [2.45, 2.75) is 47.0 Å². The maximum Gasteiger partial charge on any atom is 0.164 e. The van der Waals surface area contributed by atoms with Gasteiger partial charge in [0.2, 0.25) is 0 Å². The van der Waals surface area contributed by atoms with E-state index in [0.717, 1.165) is 48.0 Å². The Balaban J connectivity index is 1.98. The highest BCUT2D eigenvalue weighted by Crippen LogP contribution is 2.24. The van der Waals surface area contributed by atoms with E-state index in [1.54, 1.807) is 0 Å². The van der Waals surface area contributed by atoms with Crippen molar-refractivity contribution in [3.63, 3.8) is 0 Å². The van der Waals surface area contributed by atoms with E-state index in [0.29, 0.717) is 13.0 Å². The number of carbonyl (C=O) groups is 1. The average molecular weight is 303 g/mol. The number of benzene rings is 1. The van der Waals surface area contributed by atoms with Crippen molar-refractivity contribution in [3.05, 3.63) is 28.8 Å². The molecule has 22 heavy (non-hydrogen) atoms. The van der Waals surface area contributed by atoms with Crippen LogP contribution < -0.4 is 4.74 Å². The highest BCUT2D eigenvalue weighted by molar-refractivity contribution is 5.98. The first-order chi connectivity index (χ1) is 10.5. The molecule has 1 aliphatic rings. The van der Waals surface area contributed by atoms with E-state index in [1.165, 1.54) is 12.8 Å². The van der Waals surface area contributed by atoms with Gasteiger partial charge in [0.05, 0.1) is 6.61 Å². The smallest absolute Gasteiger partial charge is 0.164 e. The molecule has 0 bridgehead atoms. The maximum atomic E-state index is 12.5. The number of aryl methyl sites for hydroxylation is 2. The molecule has 1 fully saturated rings. The van der Waals surface area contributed by atoms with E-state index in [2.05, 4.69) is 11.8 Å². The van der Waals surface area contributed by atoms with Crippen molar-refractivity contribution < 1.29 is 9.53 Å². The van der Waals surface area contributed by atoms with Gasteiger partial charge in [-0.3, -0.25) is 4.79 Å². The van der Waals surface area contributed by atoms with Gasteiger partial charge in [0.25, 0.3) is 0 Å². The second-order valence-corrected chi connectivity index (χ2v) is 6.59. The molecule has 0 spiro atoms. The van der Waals surface area contributed by atoms with Crippen LogP contribution in [0.4, 0.5) is 0 Å². The number of nitrogens with zero attached hydrogens (tertiary/aromatic N) is 1. The van der Waals surface area contributed by atoms with Crippen molar-refractivity contribution >= 4 is 5.78 Å². The molecule has 2 rings (SSSR count). The Hall–Kier alpha value is -1.35. The molecule has 1 aliphatic heterocycles. The topological polar surface area (TPSA) is 29.5 Å². The van der Waals surface area contributed by atoms with Gasteiger partial charge in [0.1, 0.15) is 5.75 Å². The first-order valence-electron chi connectivity index (χ1n) is 8.50. The number of rotatable bonds is 6. The van der Waals surface area contributed by atoms with Crippen LogP contribution in [0, 0.1) is 19.8 Å². The van der Waals surface area contributed by atoms with Gasteiger partial charge in [-0.05, 0) is 69.3 Å². The van der Waals surface area contributed by atoms with Crippen LogP contribution >= 0.6 is 0 Å². The normalized spacial score (nSPS) is 19.2. The Kier molecular flexibility index (Phi) is 6.01. The van der Waals surface area contributed by atoms with Crippen LogP contribution in [0.2, 0.25) is 0 Å². The third-order valence-electron chi connectivity index (χ3n) is 4.52. The molecular weight excluding hydrogens is 274 g/mol. The summed E-state index contributed by atoms with van der Waals surface area (Å²) < 4.78 is 5.60. The minimum atomic E-state index is 0.252. The Morgan fingerprint density at radius 1 is 1.32 bits per heavy atom. The largest absolute Gasteiger partial charge is 0.494 e. The zero-order valence-electron chi connectivity index (χ0n) is 14.4. The summed E-state index contributed by atoms with van der Waals surface area (Å²) in [4.78, 5) is 15.0. The van der Waals surface area contributed by atoms with Crippen LogP contribution in [0.3, 0.4) is 0 Å². The summed E-state index contributed by atoms with van der Waals surface area (Å²) in [6.07, 6.45) is 3.19. The third-order valence-corrected chi connectivity index (χ3v) is 4.52. The lowest BCUT2D eigenvalue weighted by molar-refractivity contribution is 0.0948. The van der Waals surface area contributed by atoms with Crippen LogP contribution in [-0.2, 0) is 0 Å². The molecule has 3 heteroatoms. The molecule has 1 aromatic rings. The summed E-state index contributed by atoms with van der Waals surface area (Å²) in [6.45, 7) is 12.1. The molecule has 1 heterocycles. The SMILES string of the molecule is CCOc1cc(C)c(C(=O)CCN2CCCC(C)C2)cc1C. The molecule has 0 amide bonds. The molecule has 0 aliphatic carbocycles. The highest BCUT2D eigenvalue weighted by atomic mass is 16.5. The lowest BCUT2D eigenvalue weighted by atomic mass is 9.97. The van der Waals surface area contributed by atoms with Gasteiger partial charge in [-0.15, -0.1) is 0 Å². The predicted molar refractivity (Wildman–Crippen MR) is 90.9 cm³/mol. The molecule has 1 unspecified atom stereocenters. The van der Waals surface area contributed by atoms with Crippen LogP contribution in [0.25, 0.3) is 0 Å². The van der Waals surface area contributed by atoms with E-state index in [-0.39, 0.29) is 5.78 Å². The number of hydrogen-bond donors (Lipinski definition) is 0. The summed E-state index contributed by atoms with van der Waals surface area (Å²) >= 11 is 0. The highest BCUT2D eigenvalue weighted by Gasteiger charge is 2.18. The Morgan fingerprint density at radius 2 is 2.09 bits per heavy atom. The molecular formula is C19H29NO2. The molecule has 0 saturated carbocycles. The minimum absolute atomic E-state index is 0.252. The van der Waals surface area contributed by atoms with E-state index in [4.69, 9.17) is 4.74 Å². The van der Waals surface area contributed by atoms with Crippen molar-refractivity contribution in [2.24, 2.45) is 5.92 Å². The Bertz CT molecular complexity index is 524. The maximum absolute atomic E-state index is 12.5. The van der Waals surface area contributed by atoms with Gasteiger partial charge in [-0.2, -0.15) is 0 Å². The van der Waals surface area contributed by atoms with Gasteiger partial charge in [0, 0.05) is 25.1 Å². The number of ketones is 1. The number of carbonyl (C=O) groups excluding carboxylic acids is 1. The summed E-state index contributed by atoms with van der Waals surface area (Å²) in [5.74, 6) is 1.90. The van der Waals surface area contributed by atoms with Gasteiger partial charge in [-0.1, -0.05) is 6.92 Å². The second-order valence-electron chi connectivity index (χ2n) is 6.59. The Morgan fingerprint density at radius 3 is 2.77 bits per heavy atom. The van der Waals surface area contributed by atoms with Gasteiger partial charge >= 0.3 is 0 Å². The number of piperidine rings is 1.